The summed E-state index contributed by atoms with van der Waals surface area (Å²) < 4.78 is 7.99. The van der Waals surface area contributed by atoms with Gasteiger partial charge in [0.15, 0.2) is 0 Å². The average Bonchev–Trinajstić information content (AvgIpc) is 3.34. The van der Waals surface area contributed by atoms with E-state index >= 15 is 0 Å². The molecule has 36 heavy (non-hydrogen) atoms. The van der Waals surface area contributed by atoms with Crippen LogP contribution in [0.4, 0.5) is 23.4 Å². The second kappa shape index (κ2) is 10.2. The Balaban J connectivity index is 1.36. The van der Waals surface area contributed by atoms with Crippen LogP contribution >= 0.6 is 11.9 Å². The molecule has 1 aromatic carbocycles. The zero-order valence-corrected chi connectivity index (χ0v) is 21.3. The third-order valence-corrected chi connectivity index (χ3v) is 7.91. The first-order chi connectivity index (χ1) is 17.7. The van der Waals surface area contributed by atoms with Crippen LogP contribution in [0.5, 0.6) is 0 Å². The summed E-state index contributed by atoms with van der Waals surface area (Å²) in [5, 5.41) is 3.42. The van der Waals surface area contributed by atoms with Gasteiger partial charge in [-0.3, -0.25) is 0 Å². The maximum Gasteiger partial charge on any atom is 0.228 e. The molecule has 0 spiro atoms. The quantitative estimate of drug-likeness (QED) is 0.499. The van der Waals surface area contributed by atoms with Crippen LogP contribution in [0.25, 0.3) is 11.3 Å². The molecule has 0 aliphatic carbocycles. The third-order valence-electron chi connectivity index (χ3n) is 6.82. The van der Waals surface area contributed by atoms with Crippen LogP contribution in [-0.2, 0) is 11.2 Å². The van der Waals surface area contributed by atoms with Crippen molar-refractivity contribution in [1.29, 1.82) is 0 Å². The van der Waals surface area contributed by atoms with Crippen molar-refractivity contribution in [1.82, 2.24) is 29.6 Å². The van der Waals surface area contributed by atoms with Crippen LogP contribution in [0.1, 0.15) is 11.1 Å². The number of nitrogens with two attached hydrogens (primary N) is 1. The Labute approximate surface area is 215 Å². The second-order valence-electron chi connectivity index (χ2n) is 9.22. The highest BCUT2D eigenvalue weighted by molar-refractivity contribution is 7.97. The van der Waals surface area contributed by atoms with Gasteiger partial charge in [0.25, 0.3) is 0 Å². The first kappa shape index (κ1) is 23.4. The van der Waals surface area contributed by atoms with Crippen LogP contribution < -0.4 is 20.9 Å². The number of nitrogens with zero attached hydrogens (tertiary/aromatic N) is 7. The maximum atomic E-state index is 5.76. The predicted molar refractivity (Wildman–Crippen MR) is 143 cm³/mol. The summed E-state index contributed by atoms with van der Waals surface area (Å²) >= 11 is 1.84. The lowest BCUT2D eigenvalue weighted by Crippen LogP contribution is -2.39. The number of aromatic nitrogens is 4. The Bertz CT molecular complexity index is 1230. The van der Waals surface area contributed by atoms with Crippen LogP contribution in [0.2, 0.25) is 0 Å². The molecule has 3 aliphatic heterocycles. The highest BCUT2D eigenvalue weighted by Gasteiger charge is 2.30. The van der Waals surface area contributed by atoms with Gasteiger partial charge in [-0.2, -0.15) is 4.98 Å². The van der Waals surface area contributed by atoms with E-state index < -0.39 is 0 Å². The fourth-order valence-electron chi connectivity index (χ4n) is 4.95. The molecule has 6 rings (SSSR count). The number of hydrogen-bond acceptors (Lipinski definition) is 11. The highest BCUT2D eigenvalue weighted by atomic mass is 32.2. The van der Waals surface area contributed by atoms with E-state index in [-0.39, 0.29) is 5.95 Å². The molecule has 5 heterocycles. The average molecular weight is 506 g/mol. The molecule has 0 saturated carbocycles. The van der Waals surface area contributed by atoms with Crippen molar-refractivity contribution in [3.8, 4) is 11.3 Å². The van der Waals surface area contributed by atoms with Gasteiger partial charge in [0.1, 0.15) is 5.82 Å². The Morgan fingerprint density at radius 1 is 1.00 bits per heavy atom. The first-order valence-electron chi connectivity index (χ1n) is 12.5. The van der Waals surface area contributed by atoms with E-state index in [2.05, 4.69) is 54.5 Å². The van der Waals surface area contributed by atoms with Gasteiger partial charge in [-0.15, -0.1) is 0 Å². The van der Waals surface area contributed by atoms with E-state index in [1.54, 1.807) is 12.4 Å². The van der Waals surface area contributed by atoms with E-state index in [0.29, 0.717) is 13.2 Å². The summed E-state index contributed by atoms with van der Waals surface area (Å²) in [4.78, 5) is 24.3. The predicted octanol–water partition coefficient (Wildman–Crippen LogP) is 2.27. The van der Waals surface area contributed by atoms with Crippen LogP contribution in [0.3, 0.4) is 0 Å². The summed E-state index contributed by atoms with van der Waals surface area (Å²) in [5.41, 5.74) is 11.1. The van der Waals surface area contributed by atoms with Gasteiger partial charge in [0.2, 0.25) is 11.9 Å². The smallest absolute Gasteiger partial charge is 0.228 e. The van der Waals surface area contributed by atoms with Gasteiger partial charge in [-0.25, -0.2) is 19.3 Å². The molecule has 0 amide bonds. The number of hydrogen-bond donors (Lipinski definition) is 2. The topological polar surface area (TPSA) is 109 Å². The zero-order valence-electron chi connectivity index (χ0n) is 20.5. The number of morpholine rings is 1. The molecule has 0 unspecified atom stereocenters. The lowest BCUT2D eigenvalue weighted by Gasteiger charge is -2.29. The number of ether oxygens (including phenoxy) is 1. The van der Waals surface area contributed by atoms with Crippen LogP contribution in [0.15, 0.2) is 35.5 Å². The van der Waals surface area contributed by atoms with Crippen molar-refractivity contribution in [3.63, 3.8) is 0 Å². The van der Waals surface area contributed by atoms with Crippen LogP contribution in [0, 0.1) is 6.92 Å². The minimum Gasteiger partial charge on any atom is -0.378 e. The Hall–Kier alpha value is -2.99. The molecule has 2 saturated heterocycles. The Morgan fingerprint density at radius 2 is 1.78 bits per heavy atom. The number of anilines is 4. The number of fused-ring (bicyclic) bond motifs is 1. The molecule has 11 heteroatoms. The lowest BCUT2D eigenvalue weighted by molar-refractivity contribution is 0.122. The number of aryl methyl sites for hydroxylation is 1. The Morgan fingerprint density at radius 3 is 2.53 bits per heavy atom. The molecular formula is C25H31N9OS. The largest absolute Gasteiger partial charge is 0.378 e. The third kappa shape index (κ3) is 4.71. The summed E-state index contributed by atoms with van der Waals surface area (Å²) in [7, 11) is 0. The molecule has 2 aromatic heterocycles. The molecular weight excluding hydrogens is 474 g/mol. The van der Waals surface area contributed by atoms with E-state index in [0.717, 1.165) is 80.8 Å². The van der Waals surface area contributed by atoms with Gasteiger partial charge in [0, 0.05) is 79.9 Å². The van der Waals surface area contributed by atoms with Gasteiger partial charge in [0.05, 0.1) is 18.9 Å². The summed E-state index contributed by atoms with van der Waals surface area (Å²) in [6.45, 7) is 10.1. The summed E-state index contributed by atoms with van der Waals surface area (Å²) in [6, 6.07) is 6.75. The molecule has 3 aliphatic rings. The molecule has 10 nitrogen and oxygen atoms in total. The van der Waals surface area contributed by atoms with E-state index in [1.165, 1.54) is 16.1 Å². The number of nitrogens with one attached hydrogen (secondary N) is 1. The molecule has 0 radical (unpaired) electrons. The minimum atomic E-state index is 0.258. The van der Waals surface area contributed by atoms with Gasteiger partial charge >= 0.3 is 0 Å². The standard InChI is InChI=1S/C25H31N9OS/c1-17-14-19(36-33-8-5-27-6-9-33)2-3-21(17)34-7-4-20-22(18-15-28-24(26)29-16-18)30-25(31-23(20)34)32-10-12-35-13-11-32/h2-3,14-16,27H,4-13H2,1H3,(H2,26,28,29). The number of benzene rings is 1. The van der Waals surface area contributed by atoms with E-state index in [4.69, 9.17) is 20.4 Å². The van der Waals surface area contributed by atoms with Crippen molar-refractivity contribution >= 4 is 35.3 Å². The number of rotatable bonds is 5. The SMILES string of the molecule is Cc1cc(SN2CCNCC2)ccc1N1CCc2c(-c3cnc(N)nc3)nc(N3CCOCC3)nc21. The van der Waals surface area contributed by atoms with Crippen LogP contribution in [-0.4, -0.2) is 83.3 Å². The molecule has 0 bridgehead atoms. The summed E-state index contributed by atoms with van der Waals surface area (Å²) in [6.07, 6.45) is 4.36. The van der Waals surface area contributed by atoms with Gasteiger partial charge < -0.3 is 25.6 Å². The van der Waals surface area contributed by atoms with Crippen molar-refractivity contribution in [2.75, 3.05) is 74.6 Å². The fraction of sp³-hybridized carbons (Fsp3) is 0.440. The molecule has 3 aromatic rings. The second-order valence-corrected chi connectivity index (χ2v) is 10.4. The Kier molecular flexibility index (Phi) is 6.61. The molecule has 3 N–H and O–H groups in total. The minimum absolute atomic E-state index is 0.258. The maximum absolute atomic E-state index is 5.76. The normalized spacial score (nSPS) is 18.5. The van der Waals surface area contributed by atoms with E-state index in [1.807, 2.05) is 11.9 Å². The molecule has 188 valence electrons. The zero-order chi connectivity index (χ0) is 24.5. The lowest BCUT2D eigenvalue weighted by atomic mass is 10.1. The molecule has 2 fully saturated rings. The highest BCUT2D eigenvalue weighted by Crippen LogP contribution is 2.41. The monoisotopic (exact) mass is 505 g/mol. The van der Waals surface area contributed by atoms with Crippen molar-refractivity contribution < 1.29 is 4.74 Å². The first-order valence-corrected chi connectivity index (χ1v) is 13.3. The number of nitrogen functional groups attached to an aromatic ring is 1. The fourth-order valence-corrected chi connectivity index (χ4v) is 5.98. The van der Waals surface area contributed by atoms with Crippen molar-refractivity contribution in [2.24, 2.45) is 0 Å². The van der Waals surface area contributed by atoms with Crippen molar-refractivity contribution in [3.05, 3.63) is 41.7 Å². The number of piperazine rings is 1. The molecule has 0 atom stereocenters. The van der Waals surface area contributed by atoms with Gasteiger partial charge in [-0.05, 0) is 49.1 Å². The summed E-state index contributed by atoms with van der Waals surface area (Å²) in [5.74, 6) is 1.94. The van der Waals surface area contributed by atoms with Crippen molar-refractivity contribution in [2.45, 2.75) is 18.2 Å². The van der Waals surface area contributed by atoms with E-state index in [9.17, 15) is 0 Å². The van der Waals surface area contributed by atoms with Gasteiger partial charge in [-0.1, -0.05) is 0 Å².